The molecular weight excluding hydrogens is 566 g/mol. The van der Waals surface area contributed by atoms with E-state index in [1.807, 2.05) is 45.0 Å². The molecule has 3 N–H and O–H groups in total. The third-order valence-electron chi connectivity index (χ3n) is 6.72. The molecule has 228 valence electrons. The molecule has 0 saturated heterocycles. The van der Waals surface area contributed by atoms with Crippen LogP contribution in [0, 0.1) is 20.8 Å². The average Bonchev–Trinajstić information content (AvgIpc) is 2.91. The van der Waals surface area contributed by atoms with Crippen LogP contribution in [0.25, 0.3) is 0 Å². The van der Waals surface area contributed by atoms with Crippen LogP contribution >= 0.6 is 11.6 Å². The Morgan fingerprint density at radius 1 is 1.02 bits per heavy atom. The third kappa shape index (κ3) is 9.09. The van der Waals surface area contributed by atoms with E-state index in [2.05, 4.69) is 17.2 Å². The van der Waals surface area contributed by atoms with Gasteiger partial charge >= 0.3 is 6.09 Å². The molecule has 0 aliphatic carbocycles. The highest BCUT2D eigenvalue weighted by atomic mass is 35.5. The summed E-state index contributed by atoms with van der Waals surface area (Å²) >= 11 is 6.45. The molecule has 0 heterocycles. The van der Waals surface area contributed by atoms with Crippen LogP contribution in [0.1, 0.15) is 54.6 Å². The highest BCUT2D eigenvalue weighted by Crippen LogP contribution is 2.31. The molecule has 0 aliphatic rings. The van der Waals surface area contributed by atoms with E-state index in [1.165, 1.54) is 23.1 Å². The second-order valence-electron chi connectivity index (χ2n) is 11.5. The Hall–Kier alpha value is -4.30. The molecule has 9 heteroatoms. The number of hydrogen-bond donors (Lipinski definition) is 3. The Labute approximate surface area is 258 Å². The zero-order valence-corrected chi connectivity index (χ0v) is 26.3. The number of hydrogen-bond acceptors (Lipinski definition) is 5. The van der Waals surface area contributed by atoms with Crippen molar-refractivity contribution >= 4 is 35.2 Å². The fourth-order valence-corrected chi connectivity index (χ4v) is 5.01. The summed E-state index contributed by atoms with van der Waals surface area (Å²) < 4.78 is 5.47. The second kappa shape index (κ2) is 14.2. The SMILES string of the molecule is C=CCN(C(=O)C(Cc1ccc(O)cc1)NC(=O)OC(C)(C)C)C(C(=O)Nc1c(C)cccc1Cl)c1ccc(C)cc1C. The number of amides is 3. The van der Waals surface area contributed by atoms with Gasteiger partial charge in [-0.05, 0) is 82.0 Å². The van der Waals surface area contributed by atoms with Crippen LogP contribution in [-0.4, -0.2) is 46.1 Å². The topological polar surface area (TPSA) is 108 Å². The van der Waals surface area contributed by atoms with Gasteiger partial charge in [-0.25, -0.2) is 4.79 Å². The lowest BCUT2D eigenvalue weighted by atomic mass is 9.95. The van der Waals surface area contributed by atoms with Crippen LogP contribution in [-0.2, 0) is 20.7 Å². The largest absolute Gasteiger partial charge is 0.508 e. The lowest BCUT2D eigenvalue weighted by molar-refractivity contribution is -0.140. The minimum Gasteiger partial charge on any atom is -0.508 e. The summed E-state index contributed by atoms with van der Waals surface area (Å²) in [7, 11) is 0. The molecule has 8 nitrogen and oxygen atoms in total. The first-order valence-electron chi connectivity index (χ1n) is 14.0. The van der Waals surface area contributed by atoms with Crippen molar-refractivity contribution in [3.8, 4) is 5.75 Å². The molecule has 0 bridgehead atoms. The van der Waals surface area contributed by atoms with E-state index in [0.29, 0.717) is 21.8 Å². The van der Waals surface area contributed by atoms with Crippen molar-refractivity contribution in [2.24, 2.45) is 0 Å². The number of aromatic hydroxyl groups is 1. The van der Waals surface area contributed by atoms with Gasteiger partial charge in [0.2, 0.25) is 5.91 Å². The Bertz CT molecular complexity index is 1460. The zero-order valence-electron chi connectivity index (χ0n) is 25.5. The quantitative estimate of drug-likeness (QED) is 0.220. The molecule has 0 spiro atoms. The number of aryl methyl sites for hydroxylation is 3. The van der Waals surface area contributed by atoms with Gasteiger partial charge in [-0.15, -0.1) is 6.58 Å². The van der Waals surface area contributed by atoms with E-state index in [1.54, 1.807) is 45.0 Å². The lowest BCUT2D eigenvalue weighted by Crippen LogP contribution is -2.53. The minimum absolute atomic E-state index is 0.00775. The zero-order chi connectivity index (χ0) is 31.9. The van der Waals surface area contributed by atoms with E-state index in [-0.39, 0.29) is 18.7 Å². The van der Waals surface area contributed by atoms with Crippen molar-refractivity contribution in [3.05, 3.63) is 106 Å². The number of para-hydroxylation sites is 1. The van der Waals surface area contributed by atoms with Gasteiger partial charge in [0.25, 0.3) is 5.91 Å². The van der Waals surface area contributed by atoms with Crippen LogP contribution in [0.3, 0.4) is 0 Å². The maximum atomic E-state index is 14.4. The highest BCUT2D eigenvalue weighted by Gasteiger charge is 2.37. The van der Waals surface area contributed by atoms with Gasteiger partial charge in [0.05, 0.1) is 10.7 Å². The number of phenols is 1. The fourth-order valence-electron chi connectivity index (χ4n) is 4.74. The molecule has 3 aromatic carbocycles. The van der Waals surface area contributed by atoms with Crippen LogP contribution in [0.2, 0.25) is 5.02 Å². The molecule has 0 fully saturated rings. The number of phenolic OH excluding ortho intramolecular Hbond substituents is 1. The molecule has 3 aromatic rings. The van der Waals surface area contributed by atoms with Crippen LogP contribution in [0.15, 0.2) is 73.3 Å². The van der Waals surface area contributed by atoms with Crippen LogP contribution < -0.4 is 10.6 Å². The monoisotopic (exact) mass is 605 g/mol. The third-order valence-corrected chi connectivity index (χ3v) is 7.04. The number of nitrogens with zero attached hydrogens (tertiary/aromatic N) is 1. The van der Waals surface area contributed by atoms with Crippen molar-refractivity contribution < 1.29 is 24.2 Å². The first-order valence-corrected chi connectivity index (χ1v) is 14.4. The molecule has 3 rings (SSSR count). The number of carbonyl (C=O) groups excluding carboxylic acids is 3. The number of benzene rings is 3. The van der Waals surface area contributed by atoms with Gasteiger partial charge in [-0.1, -0.05) is 65.7 Å². The molecular formula is C34H40ClN3O5. The maximum Gasteiger partial charge on any atom is 0.408 e. The maximum absolute atomic E-state index is 14.4. The van der Waals surface area contributed by atoms with E-state index < -0.39 is 35.6 Å². The van der Waals surface area contributed by atoms with Crippen molar-refractivity contribution in [3.63, 3.8) is 0 Å². The van der Waals surface area contributed by atoms with E-state index >= 15 is 0 Å². The average molecular weight is 606 g/mol. The molecule has 3 amide bonds. The number of rotatable bonds is 10. The van der Waals surface area contributed by atoms with Crippen molar-refractivity contribution in [2.45, 2.75) is 65.6 Å². The number of ether oxygens (including phenoxy) is 1. The standard InChI is InChI=1S/C34H40ClN3O5/c1-8-18-38(32(41)28(36-33(42)43-34(5,6)7)20-24-13-15-25(39)16-14-24)30(26-17-12-21(2)19-23(26)4)31(40)37-29-22(3)10-9-11-27(29)35/h8-17,19,28,30,39H,1,18,20H2,2-7H3,(H,36,42)(H,37,40). The summed E-state index contributed by atoms with van der Waals surface area (Å²) in [5.74, 6) is -0.921. The summed E-state index contributed by atoms with van der Waals surface area (Å²) in [6.45, 7) is 14.7. The van der Waals surface area contributed by atoms with Crippen LogP contribution in [0.5, 0.6) is 5.75 Å². The molecule has 0 aliphatic heterocycles. The predicted molar refractivity (Wildman–Crippen MR) is 170 cm³/mol. The van der Waals surface area contributed by atoms with Crippen molar-refractivity contribution in [1.29, 1.82) is 0 Å². The Morgan fingerprint density at radius 3 is 2.28 bits per heavy atom. The van der Waals surface area contributed by atoms with Gasteiger partial charge in [-0.3, -0.25) is 9.59 Å². The van der Waals surface area contributed by atoms with Crippen LogP contribution in [0.4, 0.5) is 10.5 Å². The smallest absolute Gasteiger partial charge is 0.408 e. The molecule has 2 atom stereocenters. The normalized spacial score (nSPS) is 12.5. The second-order valence-corrected chi connectivity index (χ2v) is 11.9. The minimum atomic E-state index is -1.11. The molecule has 43 heavy (non-hydrogen) atoms. The molecule has 0 aromatic heterocycles. The number of anilines is 1. The predicted octanol–water partition coefficient (Wildman–Crippen LogP) is 6.80. The fraction of sp³-hybridized carbons (Fsp3) is 0.324. The summed E-state index contributed by atoms with van der Waals surface area (Å²) in [5, 5.41) is 15.8. The van der Waals surface area contributed by atoms with Crippen molar-refractivity contribution in [1.82, 2.24) is 10.2 Å². The van der Waals surface area contributed by atoms with E-state index in [4.69, 9.17) is 16.3 Å². The first-order chi connectivity index (χ1) is 20.2. The van der Waals surface area contributed by atoms with Gasteiger partial charge in [0, 0.05) is 13.0 Å². The van der Waals surface area contributed by atoms with Gasteiger partial charge in [0.1, 0.15) is 23.4 Å². The Morgan fingerprint density at radius 2 is 1.70 bits per heavy atom. The Balaban J connectivity index is 2.11. The van der Waals surface area contributed by atoms with Gasteiger partial charge in [0.15, 0.2) is 0 Å². The number of halogens is 1. The van der Waals surface area contributed by atoms with E-state index in [9.17, 15) is 19.5 Å². The number of alkyl carbamates (subject to hydrolysis) is 1. The molecule has 0 saturated carbocycles. The lowest BCUT2D eigenvalue weighted by Gasteiger charge is -2.34. The Kier molecular flexibility index (Phi) is 11.0. The van der Waals surface area contributed by atoms with Crippen molar-refractivity contribution in [2.75, 3.05) is 11.9 Å². The highest BCUT2D eigenvalue weighted by molar-refractivity contribution is 6.34. The van der Waals surface area contributed by atoms with E-state index in [0.717, 1.165) is 16.7 Å². The summed E-state index contributed by atoms with van der Waals surface area (Å²) in [6, 6.07) is 15.1. The number of nitrogens with one attached hydrogen (secondary N) is 2. The van der Waals surface area contributed by atoms with Gasteiger partial charge in [-0.2, -0.15) is 0 Å². The summed E-state index contributed by atoms with van der Waals surface area (Å²) in [6.07, 6.45) is 0.840. The molecule has 2 unspecified atom stereocenters. The number of carbonyl (C=O) groups is 3. The summed E-state index contributed by atoms with van der Waals surface area (Å²) in [4.78, 5) is 42.9. The van der Waals surface area contributed by atoms with Gasteiger partial charge < -0.3 is 25.4 Å². The molecule has 0 radical (unpaired) electrons. The first kappa shape index (κ1) is 33.2. The summed E-state index contributed by atoms with van der Waals surface area (Å²) in [5.41, 5.74) is 3.52.